The van der Waals surface area contributed by atoms with E-state index in [1.807, 2.05) is 19.1 Å². The molecule has 0 aliphatic carbocycles. The minimum atomic E-state index is 0.140. The SMILES string of the molecule is Cc1cc(-c2nnc(CCNC(C)(C)C)s2)ccc1Cl. The molecule has 0 aliphatic heterocycles. The third-order valence-corrected chi connectivity index (χ3v) is 4.32. The Morgan fingerprint density at radius 2 is 2.00 bits per heavy atom. The predicted molar refractivity (Wildman–Crippen MR) is 86.6 cm³/mol. The number of hydrogen-bond acceptors (Lipinski definition) is 4. The molecule has 0 bridgehead atoms. The minimum absolute atomic E-state index is 0.140. The molecule has 20 heavy (non-hydrogen) atoms. The zero-order valence-corrected chi connectivity index (χ0v) is 13.9. The zero-order chi connectivity index (χ0) is 14.8. The fourth-order valence-corrected chi connectivity index (χ4v) is 2.75. The Morgan fingerprint density at radius 1 is 1.25 bits per heavy atom. The highest BCUT2D eigenvalue weighted by molar-refractivity contribution is 7.14. The molecule has 0 spiro atoms. The van der Waals surface area contributed by atoms with E-state index in [0.717, 1.165) is 39.1 Å². The molecule has 0 fully saturated rings. The van der Waals surface area contributed by atoms with Crippen molar-refractivity contribution in [1.29, 1.82) is 0 Å². The molecular weight excluding hydrogens is 290 g/mol. The first-order chi connectivity index (χ1) is 9.35. The third-order valence-electron chi connectivity index (χ3n) is 2.87. The first kappa shape index (κ1) is 15.4. The Morgan fingerprint density at radius 3 is 2.65 bits per heavy atom. The van der Waals surface area contributed by atoms with Gasteiger partial charge in [0, 0.05) is 29.1 Å². The van der Waals surface area contributed by atoms with E-state index in [9.17, 15) is 0 Å². The first-order valence-corrected chi connectivity index (χ1v) is 7.88. The lowest BCUT2D eigenvalue weighted by molar-refractivity contribution is 0.429. The van der Waals surface area contributed by atoms with Crippen molar-refractivity contribution in [3.63, 3.8) is 0 Å². The van der Waals surface area contributed by atoms with E-state index < -0.39 is 0 Å². The lowest BCUT2D eigenvalue weighted by Crippen LogP contribution is -2.37. The van der Waals surface area contributed by atoms with Gasteiger partial charge in [-0.3, -0.25) is 0 Å². The van der Waals surface area contributed by atoms with Crippen LogP contribution < -0.4 is 5.32 Å². The number of benzene rings is 1. The van der Waals surface area contributed by atoms with E-state index in [4.69, 9.17) is 11.6 Å². The molecule has 1 heterocycles. The zero-order valence-electron chi connectivity index (χ0n) is 12.3. The summed E-state index contributed by atoms with van der Waals surface area (Å²) in [7, 11) is 0. The van der Waals surface area contributed by atoms with Gasteiger partial charge in [-0.25, -0.2) is 0 Å². The smallest absolute Gasteiger partial charge is 0.147 e. The van der Waals surface area contributed by atoms with Crippen LogP contribution in [0.15, 0.2) is 18.2 Å². The second kappa shape index (κ2) is 6.20. The summed E-state index contributed by atoms with van der Waals surface area (Å²) in [4.78, 5) is 0. The van der Waals surface area contributed by atoms with Gasteiger partial charge < -0.3 is 5.32 Å². The van der Waals surface area contributed by atoms with Gasteiger partial charge in [0.05, 0.1) is 0 Å². The van der Waals surface area contributed by atoms with Gasteiger partial charge in [-0.2, -0.15) is 0 Å². The highest BCUT2D eigenvalue weighted by Crippen LogP contribution is 2.27. The standard InChI is InChI=1S/C15H20ClN3S/c1-10-9-11(5-6-12(10)16)14-19-18-13(20-14)7-8-17-15(2,3)4/h5-6,9,17H,7-8H2,1-4H3. The molecule has 108 valence electrons. The molecule has 1 aromatic heterocycles. The number of rotatable bonds is 4. The van der Waals surface area contributed by atoms with Crippen molar-refractivity contribution in [2.75, 3.05) is 6.54 Å². The van der Waals surface area contributed by atoms with Crippen molar-refractivity contribution in [2.45, 2.75) is 39.7 Å². The summed E-state index contributed by atoms with van der Waals surface area (Å²) in [6.45, 7) is 9.40. The summed E-state index contributed by atoms with van der Waals surface area (Å²) in [6, 6.07) is 5.96. The number of halogens is 1. The maximum Gasteiger partial charge on any atom is 0.147 e. The minimum Gasteiger partial charge on any atom is -0.312 e. The van der Waals surface area contributed by atoms with Crippen LogP contribution in [0.4, 0.5) is 0 Å². The van der Waals surface area contributed by atoms with Crippen molar-refractivity contribution in [2.24, 2.45) is 0 Å². The monoisotopic (exact) mass is 309 g/mol. The Labute approximate surface area is 129 Å². The van der Waals surface area contributed by atoms with Crippen LogP contribution in [0.25, 0.3) is 10.6 Å². The number of aromatic nitrogens is 2. The van der Waals surface area contributed by atoms with E-state index in [2.05, 4.69) is 42.4 Å². The Hall–Kier alpha value is -0.970. The number of aryl methyl sites for hydroxylation is 1. The van der Waals surface area contributed by atoms with Crippen LogP contribution in [-0.4, -0.2) is 22.3 Å². The van der Waals surface area contributed by atoms with Gasteiger partial charge in [0.15, 0.2) is 0 Å². The van der Waals surface area contributed by atoms with Gasteiger partial charge in [-0.1, -0.05) is 29.0 Å². The number of hydrogen-bond donors (Lipinski definition) is 1. The van der Waals surface area contributed by atoms with Crippen LogP contribution in [0.3, 0.4) is 0 Å². The van der Waals surface area contributed by atoms with Crippen molar-refractivity contribution in [3.8, 4) is 10.6 Å². The molecule has 1 N–H and O–H groups in total. The highest BCUT2D eigenvalue weighted by Gasteiger charge is 2.11. The average molecular weight is 310 g/mol. The Balaban J connectivity index is 2.03. The molecule has 1 aromatic carbocycles. The largest absolute Gasteiger partial charge is 0.312 e. The molecule has 2 rings (SSSR count). The predicted octanol–water partition coefficient (Wildman–Crippen LogP) is 4.10. The fourth-order valence-electron chi connectivity index (χ4n) is 1.79. The second-order valence-corrected chi connectivity index (χ2v) is 7.36. The topological polar surface area (TPSA) is 37.8 Å². The summed E-state index contributed by atoms with van der Waals surface area (Å²) in [5.41, 5.74) is 2.29. The molecule has 0 radical (unpaired) electrons. The van der Waals surface area contributed by atoms with Crippen molar-refractivity contribution in [1.82, 2.24) is 15.5 Å². The molecule has 0 saturated heterocycles. The molecule has 5 heteroatoms. The molecule has 0 amide bonds. The molecule has 3 nitrogen and oxygen atoms in total. The van der Waals surface area contributed by atoms with Gasteiger partial charge in [0.25, 0.3) is 0 Å². The van der Waals surface area contributed by atoms with Crippen LogP contribution in [0.2, 0.25) is 5.02 Å². The lowest BCUT2D eigenvalue weighted by atomic mass is 10.1. The van der Waals surface area contributed by atoms with Crippen LogP contribution in [0, 0.1) is 6.92 Å². The van der Waals surface area contributed by atoms with Gasteiger partial charge in [-0.15, -0.1) is 10.2 Å². The van der Waals surface area contributed by atoms with Crippen LogP contribution in [0.1, 0.15) is 31.3 Å². The van der Waals surface area contributed by atoms with Gasteiger partial charge in [-0.05, 0) is 45.4 Å². The molecule has 0 atom stereocenters. The average Bonchev–Trinajstić information content (AvgIpc) is 2.80. The quantitative estimate of drug-likeness (QED) is 0.924. The molecule has 2 aromatic rings. The molecule has 0 aliphatic rings. The van der Waals surface area contributed by atoms with Crippen LogP contribution >= 0.6 is 22.9 Å². The second-order valence-electron chi connectivity index (χ2n) is 5.89. The van der Waals surface area contributed by atoms with Gasteiger partial charge in [0.2, 0.25) is 0 Å². The maximum absolute atomic E-state index is 6.04. The fraction of sp³-hybridized carbons (Fsp3) is 0.467. The van der Waals surface area contributed by atoms with Crippen molar-refractivity contribution >= 4 is 22.9 Å². The highest BCUT2D eigenvalue weighted by atomic mass is 35.5. The van der Waals surface area contributed by atoms with Gasteiger partial charge >= 0.3 is 0 Å². The van der Waals surface area contributed by atoms with E-state index in [0.29, 0.717) is 0 Å². The summed E-state index contributed by atoms with van der Waals surface area (Å²) < 4.78 is 0. The summed E-state index contributed by atoms with van der Waals surface area (Å²) >= 11 is 7.69. The summed E-state index contributed by atoms with van der Waals surface area (Å²) in [6.07, 6.45) is 0.904. The summed E-state index contributed by atoms with van der Waals surface area (Å²) in [5.74, 6) is 0. The maximum atomic E-state index is 6.04. The van der Waals surface area contributed by atoms with E-state index in [-0.39, 0.29) is 5.54 Å². The lowest BCUT2D eigenvalue weighted by Gasteiger charge is -2.19. The number of nitrogens with one attached hydrogen (secondary N) is 1. The van der Waals surface area contributed by atoms with Crippen LogP contribution in [-0.2, 0) is 6.42 Å². The van der Waals surface area contributed by atoms with Gasteiger partial charge in [0.1, 0.15) is 10.0 Å². The first-order valence-electron chi connectivity index (χ1n) is 6.69. The number of nitrogens with zero attached hydrogens (tertiary/aromatic N) is 2. The summed E-state index contributed by atoms with van der Waals surface area (Å²) in [5, 5.41) is 14.8. The van der Waals surface area contributed by atoms with E-state index >= 15 is 0 Å². The molecular formula is C15H20ClN3S. The Bertz CT molecular complexity index is 587. The molecule has 0 saturated carbocycles. The Kier molecular flexibility index (Phi) is 4.78. The normalized spacial score (nSPS) is 11.8. The van der Waals surface area contributed by atoms with E-state index in [1.165, 1.54) is 0 Å². The van der Waals surface area contributed by atoms with Crippen molar-refractivity contribution < 1.29 is 0 Å². The van der Waals surface area contributed by atoms with Crippen molar-refractivity contribution in [3.05, 3.63) is 33.8 Å². The molecule has 0 unspecified atom stereocenters. The van der Waals surface area contributed by atoms with E-state index in [1.54, 1.807) is 11.3 Å². The third kappa shape index (κ3) is 4.27. The van der Waals surface area contributed by atoms with Crippen LogP contribution in [0.5, 0.6) is 0 Å².